The molecule has 1 heterocycles. The Morgan fingerprint density at radius 1 is 0.929 bits per heavy atom. The summed E-state index contributed by atoms with van der Waals surface area (Å²) in [6, 6.07) is 25.1. The Hall–Kier alpha value is -2.30. The average molecular weight is 455 g/mol. The first kappa shape index (κ1) is 19.0. The summed E-state index contributed by atoms with van der Waals surface area (Å²) in [5, 5.41) is 7.85. The third kappa shape index (κ3) is 3.94. The summed E-state index contributed by atoms with van der Waals surface area (Å²) in [4.78, 5) is 2.11. The summed E-state index contributed by atoms with van der Waals surface area (Å²) >= 11 is 9.58. The van der Waals surface area contributed by atoms with E-state index in [1.165, 1.54) is 11.3 Å². The molecule has 1 aliphatic heterocycles. The fourth-order valence-corrected chi connectivity index (χ4v) is 3.80. The Bertz CT molecular complexity index is 980. The van der Waals surface area contributed by atoms with Crippen molar-refractivity contribution in [3.8, 4) is 0 Å². The second kappa shape index (κ2) is 7.98. The summed E-state index contributed by atoms with van der Waals surface area (Å²) < 4.78 is 1.06. The van der Waals surface area contributed by atoms with Crippen molar-refractivity contribution in [3.05, 3.63) is 93.4 Å². The Labute approximate surface area is 179 Å². The van der Waals surface area contributed by atoms with Gasteiger partial charge in [-0.3, -0.25) is 5.01 Å². The van der Waals surface area contributed by atoms with Gasteiger partial charge in [0.05, 0.1) is 17.4 Å². The van der Waals surface area contributed by atoms with Crippen LogP contribution in [-0.2, 0) is 0 Å². The highest BCUT2D eigenvalue weighted by Gasteiger charge is 2.30. The molecule has 0 aliphatic carbocycles. The van der Waals surface area contributed by atoms with Crippen LogP contribution in [0.25, 0.3) is 0 Å². The molecule has 0 N–H and O–H groups in total. The molecule has 3 nitrogen and oxygen atoms in total. The van der Waals surface area contributed by atoms with Gasteiger partial charge in [0, 0.05) is 35.7 Å². The zero-order chi connectivity index (χ0) is 19.7. The molecular formula is C23H21BrClN3. The number of rotatable bonds is 4. The van der Waals surface area contributed by atoms with E-state index in [-0.39, 0.29) is 6.04 Å². The van der Waals surface area contributed by atoms with E-state index in [4.69, 9.17) is 16.7 Å². The van der Waals surface area contributed by atoms with Crippen molar-refractivity contribution >= 4 is 44.6 Å². The van der Waals surface area contributed by atoms with Gasteiger partial charge >= 0.3 is 0 Å². The van der Waals surface area contributed by atoms with E-state index in [2.05, 4.69) is 88.5 Å². The molecule has 1 atom stereocenters. The van der Waals surface area contributed by atoms with E-state index in [1.54, 1.807) is 0 Å². The van der Waals surface area contributed by atoms with Gasteiger partial charge in [-0.2, -0.15) is 5.10 Å². The molecule has 0 unspecified atom stereocenters. The largest absolute Gasteiger partial charge is 0.378 e. The molecule has 5 heteroatoms. The predicted molar refractivity (Wildman–Crippen MR) is 123 cm³/mol. The van der Waals surface area contributed by atoms with Gasteiger partial charge in [0.25, 0.3) is 0 Å². The topological polar surface area (TPSA) is 18.8 Å². The van der Waals surface area contributed by atoms with Gasteiger partial charge < -0.3 is 4.90 Å². The molecule has 0 saturated carbocycles. The zero-order valence-electron chi connectivity index (χ0n) is 15.8. The van der Waals surface area contributed by atoms with Crippen LogP contribution in [0.1, 0.15) is 23.6 Å². The van der Waals surface area contributed by atoms with Crippen LogP contribution in [0.3, 0.4) is 0 Å². The third-order valence-corrected chi connectivity index (χ3v) is 5.75. The summed E-state index contributed by atoms with van der Waals surface area (Å²) in [6.45, 7) is 0. The lowest BCUT2D eigenvalue weighted by Crippen LogP contribution is -2.18. The van der Waals surface area contributed by atoms with Crippen LogP contribution >= 0.6 is 27.5 Å². The van der Waals surface area contributed by atoms with Gasteiger partial charge in [0.2, 0.25) is 0 Å². The van der Waals surface area contributed by atoms with Crippen molar-refractivity contribution in [2.24, 2.45) is 5.10 Å². The molecule has 3 aromatic rings. The van der Waals surface area contributed by atoms with E-state index < -0.39 is 0 Å². The highest BCUT2D eigenvalue weighted by Crippen LogP contribution is 2.37. The summed E-state index contributed by atoms with van der Waals surface area (Å²) in [7, 11) is 4.11. The average Bonchev–Trinajstić information content (AvgIpc) is 3.14. The molecule has 142 valence electrons. The first-order valence-corrected chi connectivity index (χ1v) is 10.3. The number of hydrogen-bond acceptors (Lipinski definition) is 3. The Morgan fingerprint density at radius 3 is 2.18 bits per heavy atom. The normalized spacial score (nSPS) is 16.2. The number of halogens is 2. The lowest BCUT2D eigenvalue weighted by molar-refractivity contribution is 0.709. The maximum absolute atomic E-state index is 6.06. The second-order valence-electron chi connectivity index (χ2n) is 7.08. The minimum Gasteiger partial charge on any atom is -0.378 e. The highest BCUT2D eigenvalue weighted by atomic mass is 79.9. The smallest absolute Gasteiger partial charge is 0.0831 e. The second-order valence-corrected chi connectivity index (χ2v) is 8.43. The van der Waals surface area contributed by atoms with Gasteiger partial charge in [-0.25, -0.2) is 0 Å². The zero-order valence-corrected chi connectivity index (χ0v) is 18.2. The lowest BCUT2D eigenvalue weighted by Gasteiger charge is -2.24. The Morgan fingerprint density at radius 2 is 1.57 bits per heavy atom. The van der Waals surface area contributed by atoms with Crippen LogP contribution in [0.4, 0.5) is 11.4 Å². The minimum absolute atomic E-state index is 0.156. The Balaban J connectivity index is 1.71. The highest BCUT2D eigenvalue weighted by molar-refractivity contribution is 9.10. The fraction of sp³-hybridized carbons (Fsp3) is 0.174. The third-order valence-electron chi connectivity index (χ3n) is 4.97. The van der Waals surface area contributed by atoms with Gasteiger partial charge in [-0.05, 0) is 59.7 Å². The molecule has 0 fully saturated rings. The molecule has 4 rings (SSSR count). The van der Waals surface area contributed by atoms with Crippen molar-refractivity contribution in [3.63, 3.8) is 0 Å². The van der Waals surface area contributed by atoms with E-state index >= 15 is 0 Å². The maximum atomic E-state index is 6.06. The van der Waals surface area contributed by atoms with E-state index in [9.17, 15) is 0 Å². The van der Waals surface area contributed by atoms with Crippen molar-refractivity contribution in [2.45, 2.75) is 12.5 Å². The predicted octanol–water partition coefficient (Wildman–Crippen LogP) is 6.52. The van der Waals surface area contributed by atoms with Gasteiger partial charge in [-0.1, -0.05) is 51.8 Å². The number of hydrazone groups is 1. The Kier molecular flexibility index (Phi) is 5.42. The molecule has 0 radical (unpaired) electrons. The van der Waals surface area contributed by atoms with Crippen LogP contribution in [0, 0.1) is 0 Å². The first-order valence-electron chi connectivity index (χ1n) is 9.17. The van der Waals surface area contributed by atoms with Crippen LogP contribution in [0.2, 0.25) is 5.02 Å². The first-order chi connectivity index (χ1) is 13.5. The number of benzene rings is 3. The molecule has 0 saturated heterocycles. The molecule has 3 aromatic carbocycles. The van der Waals surface area contributed by atoms with Crippen molar-refractivity contribution in [2.75, 3.05) is 24.0 Å². The van der Waals surface area contributed by atoms with Crippen LogP contribution in [-0.4, -0.2) is 19.8 Å². The summed E-state index contributed by atoms with van der Waals surface area (Å²) in [5.74, 6) is 0. The quantitative estimate of drug-likeness (QED) is 0.446. The fourth-order valence-electron chi connectivity index (χ4n) is 3.41. The van der Waals surface area contributed by atoms with Gasteiger partial charge in [0.15, 0.2) is 0 Å². The minimum atomic E-state index is 0.156. The van der Waals surface area contributed by atoms with Crippen LogP contribution in [0.15, 0.2) is 82.4 Å². The summed E-state index contributed by atoms with van der Waals surface area (Å²) in [5.41, 5.74) is 5.70. The van der Waals surface area contributed by atoms with E-state index in [0.717, 1.165) is 32.9 Å². The summed E-state index contributed by atoms with van der Waals surface area (Å²) in [6.07, 6.45) is 0.846. The van der Waals surface area contributed by atoms with Crippen molar-refractivity contribution in [1.29, 1.82) is 0 Å². The van der Waals surface area contributed by atoms with Crippen molar-refractivity contribution in [1.82, 2.24) is 0 Å². The maximum Gasteiger partial charge on any atom is 0.0831 e. The van der Waals surface area contributed by atoms with Gasteiger partial charge in [0.1, 0.15) is 0 Å². The molecule has 0 aromatic heterocycles. The van der Waals surface area contributed by atoms with E-state index in [0.29, 0.717) is 0 Å². The molecule has 0 amide bonds. The number of nitrogens with zero attached hydrogens (tertiary/aromatic N) is 3. The van der Waals surface area contributed by atoms with Crippen molar-refractivity contribution < 1.29 is 0 Å². The molecule has 0 bridgehead atoms. The van der Waals surface area contributed by atoms with Crippen LogP contribution in [0.5, 0.6) is 0 Å². The molecule has 28 heavy (non-hydrogen) atoms. The standard InChI is InChI=1S/C23H21BrClN3/c1-27(2)20-11-5-17(6-12-20)23-15-22(16-3-9-19(25)10-4-16)26-28(23)21-13-7-18(24)8-14-21/h3-14,23H,15H2,1-2H3/t23-/m0/s1. The molecule has 1 aliphatic rings. The number of hydrogen-bond donors (Lipinski definition) is 0. The lowest BCUT2D eigenvalue weighted by atomic mass is 9.98. The number of anilines is 2. The van der Waals surface area contributed by atoms with E-state index in [1.807, 2.05) is 24.3 Å². The molecular weight excluding hydrogens is 434 g/mol. The molecule has 0 spiro atoms. The van der Waals surface area contributed by atoms with Crippen LogP contribution < -0.4 is 9.91 Å². The SMILES string of the molecule is CN(C)c1ccc([C@@H]2CC(c3ccc(Cl)cc3)=NN2c2ccc(Br)cc2)cc1. The monoisotopic (exact) mass is 453 g/mol. The van der Waals surface area contributed by atoms with Gasteiger partial charge in [-0.15, -0.1) is 0 Å².